The number of fused-ring (bicyclic) bond motifs is 6. The standard InChI is InChI=1S/C58H36N2OS/c1-4-15-37(16-5-1)41-29-43(40-27-28-55-51(35-40)48-21-10-12-25-54(48)61-55)32-45(31-41)53-36-52(39-19-8-3-9-20-39)59-58(60-53)46-33-42(38-17-6-2-7-18-38)30-44(34-46)47-23-14-24-50-49-22-11-13-26-56(49)62-57(47)50/h1-36H. The Hall–Kier alpha value is -7.92. The molecule has 0 atom stereocenters. The molecule has 0 bridgehead atoms. The molecule has 0 aliphatic heterocycles. The second-order valence-electron chi connectivity index (χ2n) is 15.7. The molecule has 9 aromatic carbocycles. The first kappa shape index (κ1) is 36.0. The van der Waals surface area contributed by atoms with Crippen LogP contribution in [0.3, 0.4) is 0 Å². The summed E-state index contributed by atoms with van der Waals surface area (Å²) in [4.78, 5) is 10.9. The fourth-order valence-corrected chi connectivity index (χ4v) is 10.0. The minimum atomic E-state index is 0.668. The highest BCUT2D eigenvalue weighted by Crippen LogP contribution is 2.43. The number of thiophene rings is 1. The molecule has 0 N–H and O–H groups in total. The Morgan fingerprint density at radius 2 is 0.839 bits per heavy atom. The number of aromatic nitrogens is 2. The molecule has 0 aliphatic carbocycles. The molecular formula is C58H36N2OS. The number of nitrogens with zero attached hydrogens (tertiary/aromatic N) is 2. The van der Waals surface area contributed by atoms with Crippen LogP contribution in [0.5, 0.6) is 0 Å². The summed E-state index contributed by atoms with van der Waals surface area (Å²) in [6.45, 7) is 0. The monoisotopic (exact) mass is 808 g/mol. The van der Waals surface area contributed by atoms with E-state index in [1.165, 1.54) is 25.7 Å². The van der Waals surface area contributed by atoms with Gasteiger partial charge in [-0.25, -0.2) is 9.97 Å². The number of benzene rings is 9. The molecule has 0 unspecified atom stereocenters. The largest absolute Gasteiger partial charge is 0.456 e. The van der Waals surface area contributed by atoms with Crippen molar-refractivity contribution in [1.82, 2.24) is 9.97 Å². The van der Waals surface area contributed by atoms with E-state index in [2.05, 4.69) is 200 Å². The molecule has 0 fully saturated rings. The second-order valence-corrected chi connectivity index (χ2v) is 16.8. The lowest BCUT2D eigenvalue weighted by Gasteiger charge is -2.15. The van der Waals surface area contributed by atoms with E-state index in [0.717, 1.165) is 89.0 Å². The van der Waals surface area contributed by atoms with Gasteiger partial charge in [-0.1, -0.05) is 152 Å². The maximum Gasteiger partial charge on any atom is 0.160 e. The van der Waals surface area contributed by atoms with Gasteiger partial charge < -0.3 is 4.42 Å². The average Bonchev–Trinajstić information content (AvgIpc) is 3.93. The first-order valence-corrected chi connectivity index (χ1v) is 21.7. The van der Waals surface area contributed by atoms with Crippen molar-refractivity contribution in [3.05, 3.63) is 218 Å². The van der Waals surface area contributed by atoms with Crippen molar-refractivity contribution in [1.29, 1.82) is 0 Å². The van der Waals surface area contributed by atoms with Crippen LogP contribution in [0.25, 0.3) is 121 Å². The Morgan fingerprint density at radius 3 is 1.58 bits per heavy atom. The Bertz CT molecular complexity index is 3630. The maximum atomic E-state index is 6.23. The Labute approximate surface area is 362 Å². The van der Waals surface area contributed by atoms with Gasteiger partial charge in [0.15, 0.2) is 5.82 Å². The Balaban J connectivity index is 1.08. The van der Waals surface area contributed by atoms with Crippen LogP contribution in [0.2, 0.25) is 0 Å². The summed E-state index contributed by atoms with van der Waals surface area (Å²) in [5.74, 6) is 0.668. The lowest BCUT2D eigenvalue weighted by Crippen LogP contribution is -1.97. The highest BCUT2D eigenvalue weighted by atomic mass is 32.1. The molecule has 290 valence electrons. The van der Waals surface area contributed by atoms with Crippen molar-refractivity contribution in [2.45, 2.75) is 0 Å². The van der Waals surface area contributed by atoms with Gasteiger partial charge in [0.1, 0.15) is 11.2 Å². The van der Waals surface area contributed by atoms with Gasteiger partial charge in [-0.05, 0) is 111 Å². The van der Waals surface area contributed by atoms with Crippen molar-refractivity contribution >= 4 is 53.4 Å². The summed E-state index contributed by atoms with van der Waals surface area (Å²) in [7, 11) is 0. The van der Waals surface area contributed by atoms with E-state index in [9.17, 15) is 0 Å². The molecule has 0 saturated heterocycles. The van der Waals surface area contributed by atoms with Crippen LogP contribution in [0.4, 0.5) is 0 Å². The molecule has 0 spiro atoms. The summed E-state index contributed by atoms with van der Waals surface area (Å²) < 4.78 is 8.79. The fraction of sp³-hybridized carbons (Fsp3) is 0. The van der Waals surface area contributed by atoms with Gasteiger partial charge in [0.25, 0.3) is 0 Å². The van der Waals surface area contributed by atoms with Crippen LogP contribution in [0.1, 0.15) is 0 Å². The molecule has 12 rings (SSSR count). The molecule has 0 amide bonds. The topological polar surface area (TPSA) is 38.9 Å². The van der Waals surface area contributed by atoms with Gasteiger partial charge in [0, 0.05) is 47.6 Å². The van der Waals surface area contributed by atoms with E-state index >= 15 is 0 Å². The van der Waals surface area contributed by atoms with Gasteiger partial charge in [-0.15, -0.1) is 11.3 Å². The van der Waals surface area contributed by atoms with Crippen molar-refractivity contribution in [2.75, 3.05) is 0 Å². The van der Waals surface area contributed by atoms with Crippen molar-refractivity contribution in [2.24, 2.45) is 0 Å². The Morgan fingerprint density at radius 1 is 0.306 bits per heavy atom. The van der Waals surface area contributed by atoms with Gasteiger partial charge >= 0.3 is 0 Å². The fourth-order valence-electron chi connectivity index (χ4n) is 8.81. The Kier molecular flexibility index (Phi) is 8.68. The van der Waals surface area contributed by atoms with Crippen molar-refractivity contribution in [3.63, 3.8) is 0 Å². The first-order valence-electron chi connectivity index (χ1n) is 20.9. The average molecular weight is 809 g/mol. The van der Waals surface area contributed by atoms with Crippen molar-refractivity contribution < 1.29 is 4.42 Å². The van der Waals surface area contributed by atoms with Crippen LogP contribution >= 0.6 is 11.3 Å². The van der Waals surface area contributed by atoms with Crippen LogP contribution < -0.4 is 0 Å². The van der Waals surface area contributed by atoms with Crippen LogP contribution in [-0.2, 0) is 0 Å². The summed E-state index contributed by atoms with van der Waals surface area (Å²) in [6.07, 6.45) is 0. The van der Waals surface area contributed by atoms with E-state index < -0.39 is 0 Å². The van der Waals surface area contributed by atoms with Crippen LogP contribution in [0, 0.1) is 0 Å². The first-order chi connectivity index (χ1) is 30.7. The number of rotatable bonds is 7. The molecule has 62 heavy (non-hydrogen) atoms. The molecular weight excluding hydrogens is 773 g/mol. The maximum absolute atomic E-state index is 6.23. The number of hydrogen-bond donors (Lipinski definition) is 0. The predicted molar refractivity (Wildman–Crippen MR) is 260 cm³/mol. The molecule has 3 aromatic heterocycles. The summed E-state index contributed by atoms with van der Waals surface area (Å²) in [5, 5.41) is 4.76. The van der Waals surface area contributed by atoms with E-state index in [4.69, 9.17) is 14.4 Å². The molecule has 3 heterocycles. The van der Waals surface area contributed by atoms with Gasteiger partial charge in [0.05, 0.1) is 11.4 Å². The summed E-state index contributed by atoms with van der Waals surface area (Å²) >= 11 is 1.85. The zero-order chi connectivity index (χ0) is 41.0. The molecule has 0 saturated carbocycles. The summed E-state index contributed by atoms with van der Waals surface area (Å²) in [6, 6.07) is 77.6. The lowest BCUT2D eigenvalue weighted by molar-refractivity contribution is 0.669. The van der Waals surface area contributed by atoms with E-state index in [1.54, 1.807) is 0 Å². The highest BCUT2D eigenvalue weighted by molar-refractivity contribution is 7.26. The van der Waals surface area contributed by atoms with Gasteiger partial charge in [-0.2, -0.15) is 0 Å². The molecule has 0 aliphatic rings. The van der Waals surface area contributed by atoms with Crippen LogP contribution in [-0.4, -0.2) is 9.97 Å². The van der Waals surface area contributed by atoms with E-state index in [-0.39, 0.29) is 0 Å². The third-order valence-electron chi connectivity index (χ3n) is 11.9. The minimum Gasteiger partial charge on any atom is -0.456 e. The summed E-state index contributed by atoms with van der Waals surface area (Å²) in [5.41, 5.74) is 15.5. The molecule has 3 nitrogen and oxygen atoms in total. The SMILES string of the molecule is c1ccc(-c2cc(-c3ccc4oc5ccccc5c4c3)cc(-c3cc(-c4ccccc4)nc(-c4cc(-c5ccccc5)cc(-c5cccc6c5sc5ccccc56)c4)n3)c2)cc1. The minimum absolute atomic E-state index is 0.668. The molecule has 4 heteroatoms. The second kappa shape index (κ2) is 15.0. The van der Waals surface area contributed by atoms with E-state index in [0.29, 0.717) is 5.82 Å². The smallest absolute Gasteiger partial charge is 0.160 e. The predicted octanol–water partition coefficient (Wildman–Crippen LogP) is 16.4. The third-order valence-corrected chi connectivity index (χ3v) is 13.1. The quantitative estimate of drug-likeness (QED) is 0.161. The van der Waals surface area contributed by atoms with Gasteiger partial charge in [-0.3, -0.25) is 0 Å². The third kappa shape index (κ3) is 6.46. The van der Waals surface area contributed by atoms with Crippen LogP contribution in [0.15, 0.2) is 223 Å². The van der Waals surface area contributed by atoms with E-state index in [1.807, 2.05) is 29.5 Å². The zero-order valence-electron chi connectivity index (χ0n) is 33.5. The normalized spacial score (nSPS) is 11.5. The number of hydrogen-bond acceptors (Lipinski definition) is 4. The number of para-hydroxylation sites is 1. The molecule has 12 aromatic rings. The lowest BCUT2D eigenvalue weighted by atomic mass is 9.93. The number of furan rings is 1. The van der Waals surface area contributed by atoms with Crippen molar-refractivity contribution in [3.8, 4) is 78.4 Å². The highest BCUT2D eigenvalue weighted by Gasteiger charge is 2.18. The van der Waals surface area contributed by atoms with Gasteiger partial charge in [0.2, 0.25) is 0 Å². The zero-order valence-corrected chi connectivity index (χ0v) is 34.3. The molecule has 0 radical (unpaired) electrons.